The van der Waals surface area contributed by atoms with E-state index in [4.69, 9.17) is 0 Å². The molecule has 20 heavy (non-hydrogen) atoms. The molecule has 1 amide bonds. The van der Waals surface area contributed by atoms with E-state index in [9.17, 15) is 9.90 Å². The minimum Gasteiger partial charge on any atom is -0.392 e. The summed E-state index contributed by atoms with van der Waals surface area (Å²) in [6.45, 7) is 1.99. The Hall–Kier alpha value is -2.20. The molecule has 2 aromatic rings. The van der Waals surface area contributed by atoms with Gasteiger partial charge in [-0.2, -0.15) is 0 Å². The predicted molar refractivity (Wildman–Crippen MR) is 78.6 cm³/mol. The lowest BCUT2D eigenvalue weighted by Gasteiger charge is -2.09. The molecular weight excluding hydrogens is 252 g/mol. The average molecular weight is 270 g/mol. The predicted octanol–water partition coefficient (Wildman–Crippen LogP) is 2.78. The van der Waals surface area contributed by atoms with Crippen LogP contribution in [0.15, 0.2) is 42.7 Å². The fourth-order valence-electron chi connectivity index (χ4n) is 1.98. The Labute approximate surface area is 118 Å². The first-order chi connectivity index (χ1) is 9.74. The molecule has 1 aromatic heterocycles. The molecule has 1 heterocycles. The second kappa shape index (κ2) is 6.82. The molecule has 0 aliphatic carbocycles. The maximum absolute atomic E-state index is 12.1. The van der Waals surface area contributed by atoms with Crippen LogP contribution in [0, 0.1) is 0 Å². The number of aliphatic hydroxyl groups is 1. The number of rotatable bonds is 5. The summed E-state index contributed by atoms with van der Waals surface area (Å²) in [4.78, 5) is 16.1. The fourth-order valence-corrected chi connectivity index (χ4v) is 1.98. The van der Waals surface area contributed by atoms with E-state index >= 15 is 0 Å². The number of benzene rings is 1. The van der Waals surface area contributed by atoms with E-state index in [0.29, 0.717) is 16.8 Å². The number of nitrogens with zero attached hydrogens (tertiary/aromatic N) is 1. The van der Waals surface area contributed by atoms with Crippen LogP contribution in [0.3, 0.4) is 0 Å². The van der Waals surface area contributed by atoms with Crippen LogP contribution in [0.4, 0.5) is 5.69 Å². The van der Waals surface area contributed by atoms with Gasteiger partial charge in [0.15, 0.2) is 0 Å². The smallest absolute Gasteiger partial charge is 0.255 e. The molecule has 0 atom stereocenters. The Morgan fingerprint density at radius 3 is 2.65 bits per heavy atom. The van der Waals surface area contributed by atoms with Crippen molar-refractivity contribution in [3.63, 3.8) is 0 Å². The van der Waals surface area contributed by atoms with Gasteiger partial charge in [-0.1, -0.05) is 25.5 Å². The van der Waals surface area contributed by atoms with Crippen LogP contribution in [-0.2, 0) is 13.0 Å². The monoisotopic (exact) mass is 270 g/mol. The summed E-state index contributed by atoms with van der Waals surface area (Å²) in [6.07, 6.45) is 5.22. The zero-order valence-electron chi connectivity index (χ0n) is 11.5. The first-order valence-corrected chi connectivity index (χ1v) is 6.68. The van der Waals surface area contributed by atoms with E-state index in [2.05, 4.69) is 17.2 Å². The van der Waals surface area contributed by atoms with Gasteiger partial charge in [0.05, 0.1) is 18.5 Å². The van der Waals surface area contributed by atoms with E-state index in [0.717, 1.165) is 12.8 Å². The van der Waals surface area contributed by atoms with E-state index in [-0.39, 0.29) is 12.5 Å². The number of aromatic nitrogens is 1. The summed E-state index contributed by atoms with van der Waals surface area (Å²) in [6, 6.07) is 9.24. The van der Waals surface area contributed by atoms with Gasteiger partial charge < -0.3 is 10.4 Å². The number of nitrogens with one attached hydrogen (secondary N) is 1. The molecule has 104 valence electrons. The van der Waals surface area contributed by atoms with Crippen molar-refractivity contribution >= 4 is 11.6 Å². The summed E-state index contributed by atoms with van der Waals surface area (Å²) in [5.41, 5.74) is 3.01. The molecule has 2 rings (SSSR count). The average Bonchev–Trinajstić information content (AvgIpc) is 2.49. The summed E-state index contributed by atoms with van der Waals surface area (Å²) < 4.78 is 0. The van der Waals surface area contributed by atoms with Gasteiger partial charge in [0, 0.05) is 17.3 Å². The van der Waals surface area contributed by atoms with Crippen molar-refractivity contribution in [1.29, 1.82) is 0 Å². The molecular formula is C16H18N2O2. The highest BCUT2D eigenvalue weighted by Gasteiger charge is 2.08. The number of pyridine rings is 1. The third kappa shape index (κ3) is 3.42. The zero-order chi connectivity index (χ0) is 14.4. The molecule has 2 N–H and O–H groups in total. The van der Waals surface area contributed by atoms with E-state index in [1.807, 2.05) is 24.3 Å². The van der Waals surface area contributed by atoms with Gasteiger partial charge in [0.25, 0.3) is 5.91 Å². The lowest BCUT2D eigenvalue weighted by molar-refractivity contribution is 0.102. The third-order valence-electron chi connectivity index (χ3n) is 3.08. The first kappa shape index (κ1) is 14.2. The number of amides is 1. The van der Waals surface area contributed by atoms with E-state index < -0.39 is 0 Å². The normalized spacial score (nSPS) is 10.3. The molecule has 4 heteroatoms. The van der Waals surface area contributed by atoms with Crippen LogP contribution >= 0.6 is 0 Å². The van der Waals surface area contributed by atoms with Crippen LogP contribution in [0.25, 0.3) is 0 Å². The van der Waals surface area contributed by atoms with Crippen molar-refractivity contribution in [2.24, 2.45) is 0 Å². The minimum atomic E-state index is -0.198. The quantitative estimate of drug-likeness (QED) is 0.878. The van der Waals surface area contributed by atoms with Crippen LogP contribution < -0.4 is 5.32 Å². The lowest BCUT2D eigenvalue weighted by Crippen LogP contribution is -2.13. The lowest BCUT2D eigenvalue weighted by atomic mass is 10.1. The summed E-state index contributed by atoms with van der Waals surface area (Å²) >= 11 is 0. The van der Waals surface area contributed by atoms with Crippen molar-refractivity contribution in [2.45, 2.75) is 26.4 Å². The first-order valence-electron chi connectivity index (χ1n) is 6.68. The molecule has 0 saturated heterocycles. The standard InChI is InChI=1S/C16H18N2O2/c1-2-3-12-4-6-13(7-5-12)16(20)18-15-10-17-9-8-14(15)11-19/h4-10,19H,2-3,11H2,1H3,(H,18,20). The highest BCUT2D eigenvalue weighted by molar-refractivity contribution is 6.04. The van der Waals surface area contributed by atoms with Gasteiger partial charge in [-0.25, -0.2) is 0 Å². The van der Waals surface area contributed by atoms with Gasteiger partial charge in [-0.3, -0.25) is 9.78 Å². The third-order valence-corrected chi connectivity index (χ3v) is 3.08. The molecule has 0 saturated carbocycles. The zero-order valence-corrected chi connectivity index (χ0v) is 11.5. The van der Waals surface area contributed by atoms with Crippen molar-refractivity contribution < 1.29 is 9.90 Å². The topological polar surface area (TPSA) is 62.2 Å². The van der Waals surface area contributed by atoms with E-state index in [1.54, 1.807) is 12.3 Å². The van der Waals surface area contributed by atoms with Gasteiger partial charge in [-0.05, 0) is 30.2 Å². The molecule has 0 aliphatic rings. The Bertz CT molecular complexity index is 579. The molecule has 0 bridgehead atoms. The molecule has 0 radical (unpaired) electrons. The Kier molecular flexibility index (Phi) is 4.85. The molecule has 0 fully saturated rings. The van der Waals surface area contributed by atoms with Crippen LogP contribution in [-0.4, -0.2) is 16.0 Å². The van der Waals surface area contributed by atoms with Crippen molar-refractivity contribution in [2.75, 3.05) is 5.32 Å². The Morgan fingerprint density at radius 2 is 2.00 bits per heavy atom. The molecule has 4 nitrogen and oxygen atoms in total. The van der Waals surface area contributed by atoms with Gasteiger partial charge >= 0.3 is 0 Å². The number of carbonyl (C=O) groups is 1. The van der Waals surface area contributed by atoms with E-state index in [1.165, 1.54) is 11.8 Å². The van der Waals surface area contributed by atoms with Crippen molar-refractivity contribution in [3.05, 3.63) is 59.4 Å². The number of hydrogen-bond donors (Lipinski definition) is 2. The second-order valence-electron chi connectivity index (χ2n) is 4.59. The van der Waals surface area contributed by atoms with Crippen LogP contribution in [0.1, 0.15) is 34.8 Å². The molecule has 1 aromatic carbocycles. The fraction of sp³-hybridized carbons (Fsp3) is 0.250. The minimum absolute atomic E-state index is 0.131. The van der Waals surface area contributed by atoms with Crippen LogP contribution in [0.5, 0.6) is 0 Å². The van der Waals surface area contributed by atoms with Gasteiger partial charge in [0.1, 0.15) is 0 Å². The maximum atomic E-state index is 12.1. The number of aryl methyl sites for hydroxylation is 1. The summed E-state index contributed by atoms with van der Waals surface area (Å²) in [7, 11) is 0. The number of hydrogen-bond acceptors (Lipinski definition) is 3. The summed E-state index contributed by atoms with van der Waals surface area (Å²) in [5.74, 6) is -0.198. The highest BCUT2D eigenvalue weighted by atomic mass is 16.3. The molecule has 0 spiro atoms. The Morgan fingerprint density at radius 1 is 1.25 bits per heavy atom. The molecule has 0 aliphatic heterocycles. The van der Waals surface area contributed by atoms with Gasteiger partial charge in [0.2, 0.25) is 0 Å². The number of anilines is 1. The maximum Gasteiger partial charge on any atom is 0.255 e. The number of carbonyl (C=O) groups excluding carboxylic acids is 1. The van der Waals surface area contributed by atoms with Gasteiger partial charge in [-0.15, -0.1) is 0 Å². The van der Waals surface area contributed by atoms with Crippen molar-refractivity contribution in [1.82, 2.24) is 4.98 Å². The second-order valence-corrected chi connectivity index (χ2v) is 4.59. The Balaban J connectivity index is 2.11. The summed E-state index contributed by atoms with van der Waals surface area (Å²) in [5, 5.41) is 12.0. The highest BCUT2D eigenvalue weighted by Crippen LogP contribution is 2.15. The number of aliphatic hydroxyl groups excluding tert-OH is 1. The largest absolute Gasteiger partial charge is 0.392 e. The van der Waals surface area contributed by atoms with Crippen LogP contribution in [0.2, 0.25) is 0 Å². The van der Waals surface area contributed by atoms with Crippen molar-refractivity contribution in [3.8, 4) is 0 Å². The molecule has 0 unspecified atom stereocenters. The SMILES string of the molecule is CCCc1ccc(C(=O)Nc2cnccc2CO)cc1.